The summed E-state index contributed by atoms with van der Waals surface area (Å²) in [6.07, 6.45) is 3.74. The van der Waals surface area contributed by atoms with E-state index in [-0.39, 0.29) is 12.5 Å². The van der Waals surface area contributed by atoms with E-state index in [1.165, 1.54) is 4.68 Å². The van der Waals surface area contributed by atoms with E-state index in [1.54, 1.807) is 12.3 Å². The van der Waals surface area contributed by atoms with Crippen molar-refractivity contribution in [2.24, 2.45) is 5.92 Å². The molecule has 0 aliphatic carbocycles. The smallest absolute Gasteiger partial charge is 0.241 e. The Balaban J connectivity index is 1.70. The molecule has 1 amide bonds. The second kappa shape index (κ2) is 5.67. The second-order valence-electron chi connectivity index (χ2n) is 4.30. The fraction of sp³-hybridized carbons (Fsp3) is 0.636. The molecule has 0 aromatic carbocycles. The molecule has 94 valence electrons. The van der Waals surface area contributed by atoms with Crippen molar-refractivity contribution in [3.05, 3.63) is 12.3 Å². The number of aromatic nitrogens is 2. The molecule has 1 fully saturated rings. The lowest BCUT2D eigenvalue weighted by Crippen LogP contribution is -2.34. The summed E-state index contributed by atoms with van der Waals surface area (Å²) < 4.78 is 6.80. The van der Waals surface area contributed by atoms with E-state index in [9.17, 15) is 4.79 Å². The lowest BCUT2D eigenvalue weighted by atomic mass is 10.0. The molecule has 0 unspecified atom stereocenters. The number of hydrogen-bond donors (Lipinski definition) is 2. The maximum absolute atomic E-state index is 11.6. The first-order valence-electron chi connectivity index (χ1n) is 5.87. The zero-order chi connectivity index (χ0) is 12.1. The van der Waals surface area contributed by atoms with E-state index in [4.69, 9.17) is 10.5 Å². The Bertz CT molecular complexity index is 371. The van der Waals surface area contributed by atoms with Gasteiger partial charge in [0.15, 0.2) is 0 Å². The average molecular weight is 238 g/mol. The minimum absolute atomic E-state index is 0.0282. The van der Waals surface area contributed by atoms with Crippen LogP contribution in [0.4, 0.5) is 5.82 Å². The van der Waals surface area contributed by atoms with Gasteiger partial charge >= 0.3 is 0 Å². The maximum Gasteiger partial charge on any atom is 0.241 e. The molecule has 0 bridgehead atoms. The molecule has 1 saturated heterocycles. The van der Waals surface area contributed by atoms with Crippen molar-refractivity contribution in [2.75, 3.05) is 25.5 Å². The molecule has 17 heavy (non-hydrogen) atoms. The highest BCUT2D eigenvalue weighted by atomic mass is 16.5. The Hall–Kier alpha value is -1.56. The molecule has 0 spiro atoms. The van der Waals surface area contributed by atoms with Gasteiger partial charge in [-0.1, -0.05) is 0 Å². The van der Waals surface area contributed by atoms with E-state index in [1.807, 2.05) is 0 Å². The summed E-state index contributed by atoms with van der Waals surface area (Å²) in [6.45, 7) is 2.55. The van der Waals surface area contributed by atoms with Crippen molar-refractivity contribution in [2.45, 2.75) is 19.4 Å². The Kier molecular flexibility index (Phi) is 3.98. The van der Waals surface area contributed by atoms with Crippen LogP contribution >= 0.6 is 0 Å². The highest BCUT2D eigenvalue weighted by Gasteiger charge is 2.14. The Morgan fingerprint density at radius 2 is 2.35 bits per heavy atom. The highest BCUT2D eigenvalue weighted by Crippen LogP contribution is 2.12. The Morgan fingerprint density at radius 1 is 1.59 bits per heavy atom. The second-order valence-corrected chi connectivity index (χ2v) is 4.30. The largest absolute Gasteiger partial charge is 0.382 e. The molecule has 0 radical (unpaired) electrons. The van der Waals surface area contributed by atoms with Gasteiger partial charge in [0, 0.05) is 26.0 Å². The molecule has 1 aromatic rings. The number of ether oxygens (including phenoxy) is 1. The monoisotopic (exact) mass is 238 g/mol. The third-order valence-electron chi connectivity index (χ3n) is 2.90. The number of nitrogens with two attached hydrogens (primary N) is 1. The Labute approximate surface area is 100 Å². The number of carbonyl (C=O) groups excluding carboxylic acids is 1. The van der Waals surface area contributed by atoms with Crippen LogP contribution < -0.4 is 11.1 Å². The van der Waals surface area contributed by atoms with Crippen LogP contribution in [-0.4, -0.2) is 35.4 Å². The van der Waals surface area contributed by atoms with E-state index in [0.717, 1.165) is 32.6 Å². The Morgan fingerprint density at radius 3 is 3.00 bits per heavy atom. The topological polar surface area (TPSA) is 82.2 Å². The first-order valence-corrected chi connectivity index (χ1v) is 5.87. The van der Waals surface area contributed by atoms with Gasteiger partial charge in [-0.25, -0.2) is 0 Å². The number of nitrogens with zero attached hydrogens (tertiary/aromatic N) is 2. The fourth-order valence-corrected chi connectivity index (χ4v) is 1.88. The van der Waals surface area contributed by atoms with Gasteiger partial charge in [0.25, 0.3) is 0 Å². The van der Waals surface area contributed by atoms with Crippen LogP contribution in [0.2, 0.25) is 0 Å². The molecule has 0 atom stereocenters. The molecule has 3 N–H and O–H groups in total. The molecule has 1 aromatic heterocycles. The SMILES string of the molecule is Nc1ccn(CC(=O)NCC2CCOCC2)n1. The summed E-state index contributed by atoms with van der Waals surface area (Å²) >= 11 is 0. The van der Waals surface area contributed by atoms with Crippen LogP contribution in [0, 0.1) is 5.92 Å². The molecular formula is C11H18N4O2. The normalized spacial score (nSPS) is 16.9. The quantitative estimate of drug-likeness (QED) is 0.774. The van der Waals surface area contributed by atoms with Gasteiger partial charge in [-0.05, 0) is 24.8 Å². The van der Waals surface area contributed by atoms with Crippen molar-refractivity contribution in [1.29, 1.82) is 0 Å². The van der Waals surface area contributed by atoms with Crippen molar-refractivity contribution in [1.82, 2.24) is 15.1 Å². The third kappa shape index (κ3) is 3.74. The molecule has 6 heteroatoms. The molecular weight excluding hydrogens is 220 g/mol. The predicted molar refractivity (Wildman–Crippen MR) is 63.2 cm³/mol. The first kappa shape index (κ1) is 11.9. The van der Waals surface area contributed by atoms with Gasteiger partial charge in [0.1, 0.15) is 12.4 Å². The van der Waals surface area contributed by atoms with Crippen LogP contribution in [0.25, 0.3) is 0 Å². The minimum Gasteiger partial charge on any atom is -0.382 e. The molecule has 2 rings (SSSR count). The van der Waals surface area contributed by atoms with Crippen molar-refractivity contribution in [3.63, 3.8) is 0 Å². The molecule has 1 aliphatic rings. The maximum atomic E-state index is 11.6. The molecule has 6 nitrogen and oxygen atoms in total. The zero-order valence-corrected chi connectivity index (χ0v) is 9.76. The van der Waals surface area contributed by atoms with Gasteiger partial charge in [-0.15, -0.1) is 0 Å². The van der Waals surface area contributed by atoms with Crippen molar-refractivity contribution < 1.29 is 9.53 Å². The summed E-state index contributed by atoms with van der Waals surface area (Å²) in [5.74, 6) is 0.942. The fourth-order valence-electron chi connectivity index (χ4n) is 1.88. The van der Waals surface area contributed by atoms with Gasteiger partial charge in [0.2, 0.25) is 5.91 Å². The van der Waals surface area contributed by atoms with Gasteiger partial charge in [-0.3, -0.25) is 9.48 Å². The van der Waals surface area contributed by atoms with Crippen LogP contribution in [0.1, 0.15) is 12.8 Å². The van der Waals surface area contributed by atoms with Gasteiger partial charge < -0.3 is 15.8 Å². The van der Waals surface area contributed by atoms with Crippen molar-refractivity contribution in [3.8, 4) is 0 Å². The summed E-state index contributed by atoms with van der Waals surface area (Å²) in [7, 11) is 0. The van der Waals surface area contributed by atoms with Crippen LogP contribution in [0.3, 0.4) is 0 Å². The van der Waals surface area contributed by atoms with Crippen LogP contribution in [0.5, 0.6) is 0 Å². The predicted octanol–water partition coefficient (Wildman–Crippen LogP) is 0.00810. The highest BCUT2D eigenvalue weighted by molar-refractivity contribution is 5.75. The van der Waals surface area contributed by atoms with Crippen LogP contribution in [0.15, 0.2) is 12.3 Å². The zero-order valence-electron chi connectivity index (χ0n) is 9.76. The minimum atomic E-state index is -0.0282. The summed E-state index contributed by atoms with van der Waals surface area (Å²) in [6, 6.07) is 1.67. The summed E-state index contributed by atoms with van der Waals surface area (Å²) in [5, 5.41) is 6.87. The van der Waals surface area contributed by atoms with E-state index >= 15 is 0 Å². The van der Waals surface area contributed by atoms with Crippen LogP contribution in [-0.2, 0) is 16.1 Å². The summed E-state index contributed by atoms with van der Waals surface area (Å²) in [4.78, 5) is 11.6. The van der Waals surface area contributed by atoms with E-state index in [2.05, 4.69) is 10.4 Å². The van der Waals surface area contributed by atoms with E-state index in [0.29, 0.717) is 11.7 Å². The molecule has 0 saturated carbocycles. The number of anilines is 1. The van der Waals surface area contributed by atoms with Gasteiger partial charge in [-0.2, -0.15) is 5.10 Å². The number of nitrogen functional groups attached to an aromatic ring is 1. The number of nitrogens with one attached hydrogen (secondary N) is 1. The number of carbonyl (C=O) groups is 1. The molecule has 2 heterocycles. The average Bonchev–Trinajstić information content (AvgIpc) is 2.73. The molecule has 1 aliphatic heterocycles. The number of amides is 1. The lowest BCUT2D eigenvalue weighted by Gasteiger charge is -2.22. The number of hydrogen-bond acceptors (Lipinski definition) is 4. The lowest BCUT2D eigenvalue weighted by molar-refractivity contribution is -0.122. The van der Waals surface area contributed by atoms with E-state index < -0.39 is 0 Å². The standard InChI is InChI=1S/C11H18N4O2/c12-10-1-4-15(14-10)8-11(16)13-7-9-2-5-17-6-3-9/h1,4,9H,2-3,5-8H2,(H2,12,14)(H,13,16). The summed E-state index contributed by atoms with van der Waals surface area (Å²) in [5.41, 5.74) is 5.47. The number of rotatable bonds is 4. The van der Waals surface area contributed by atoms with Crippen molar-refractivity contribution >= 4 is 11.7 Å². The first-order chi connectivity index (χ1) is 8.24. The van der Waals surface area contributed by atoms with Gasteiger partial charge in [0.05, 0.1) is 0 Å². The third-order valence-corrected chi connectivity index (χ3v) is 2.90.